The molecule has 1 fully saturated rings. The van der Waals surface area contributed by atoms with Crippen LogP contribution in [0, 0.1) is 0 Å². The van der Waals surface area contributed by atoms with Crippen LogP contribution in [0.2, 0.25) is 0 Å². The van der Waals surface area contributed by atoms with Crippen molar-refractivity contribution in [2.24, 2.45) is 0 Å². The first-order chi connectivity index (χ1) is 10.1. The molecule has 9 heteroatoms. The van der Waals surface area contributed by atoms with Crippen molar-refractivity contribution in [3.63, 3.8) is 0 Å². The van der Waals surface area contributed by atoms with E-state index in [9.17, 15) is 14.4 Å². The second kappa shape index (κ2) is 10.0. The minimum atomic E-state index is -0.426. The topological polar surface area (TPSA) is 90.5 Å². The normalized spacial score (nSPS) is 20.1. The Kier molecular flexibility index (Phi) is 8.74. The number of carbonyl (C=O) groups is 3. The summed E-state index contributed by atoms with van der Waals surface area (Å²) in [4.78, 5) is 35.2. The first-order valence-corrected chi connectivity index (χ1v) is 7.80. The number of amides is 2. The van der Waals surface area contributed by atoms with Gasteiger partial charge in [-0.05, 0) is 25.7 Å². The van der Waals surface area contributed by atoms with Crippen molar-refractivity contribution in [1.29, 1.82) is 0 Å². The van der Waals surface area contributed by atoms with Gasteiger partial charge in [-0.1, -0.05) is 12.8 Å². The summed E-state index contributed by atoms with van der Waals surface area (Å²) in [5, 5.41) is 5.15. The average Bonchev–Trinajstić information content (AvgIpc) is 2.80. The highest BCUT2D eigenvalue weighted by Crippen LogP contribution is 2.14. The monoisotopic (exact) mass is 334 g/mol. The van der Waals surface area contributed by atoms with Gasteiger partial charge in [-0.2, -0.15) is 0 Å². The minimum absolute atomic E-state index is 0.0194. The van der Waals surface area contributed by atoms with Crippen LogP contribution in [0.25, 0.3) is 0 Å². The number of hydrogen-bond acceptors (Lipinski definition) is 6. The third-order valence-electron chi connectivity index (χ3n) is 3.49. The Morgan fingerprint density at radius 2 is 2.29 bits per heavy atom. The van der Waals surface area contributed by atoms with Crippen molar-refractivity contribution < 1.29 is 14.4 Å². The van der Waals surface area contributed by atoms with E-state index in [0.29, 0.717) is 32.6 Å². The molecule has 1 heterocycles. The first kappa shape index (κ1) is 18.3. The number of thiol groups is 2. The van der Waals surface area contributed by atoms with Gasteiger partial charge < -0.3 is 10.6 Å². The zero-order chi connectivity index (χ0) is 15.7. The molecule has 0 spiro atoms. The third-order valence-corrected chi connectivity index (χ3v) is 4.11. The molecule has 0 aliphatic carbocycles. The van der Waals surface area contributed by atoms with Crippen molar-refractivity contribution in [1.82, 2.24) is 20.3 Å². The van der Waals surface area contributed by atoms with E-state index >= 15 is 0 Å². The van der Waals surface area contributed by atoms with Crippen LogP contribution in [-0.4, -0.2) is 54.2 Å². The third kappa shape index (κ3) is 6.25. The fourth-order valence-electron chi connectivity index (χ4n) is 2.28. The maximum atomic E-state index is 11.8. The number of unbranched alkanes of at least 4 members (excludes halogenated alkanes) is 1. The number of nitrogens with zero attached hydrogens (tertiary/aromatic N) is 1. The summed E-state index contributed by atoms with van der Waals surface area (Å²) < 4.78 is 2.61. The molecule has 2 atom stereocenters. The van der Waals surface area contributed by atoms with Crippen LogP contribution in [0.3, 0.4) is 0 Å². The van der Waals surface area contributed by atoms with Crippen molar-refractivity contribution in [2.75, 3.05) is 19.8 Å². The SMILES string of the molecule is O=CNCCCCC1C(=O)NCN1CCC(NS)C(=O)S. The van der Waals surface area contributed by atoms with Crippen LogP contribution in [0.15, 0.2) is 0 Å². The molecule has 0 bridgehead atoms. The van der Waals surface area contributed by atoms with E-state index in [1.54, 1.807) is 0 Å². The second-order valence-corrected chi connectivity index (χ2v) is 5.60. The zero-order valence-corrected chi connectivity index (χ0v) is 13.5. The van der Waals surface area contributed by atoms with Gasteiger partial charge in [0.1, 0.15) is 0 Å². The summed E-state index contributed by atoms with van der Waals surface area (Å²) in [5.41, 5.74) is 0. The van der Waals surface area contributed by atoms with Crippen LogP contribution in [0.4, 0.5) is 0 Å². The summed E-state index contributed by atoms with van der Waals surface area (Å²) in [6.45, 7) is 1.73. The Bertz CT molecular complexity index is 370. The molecule has 1 saturated heterocycles. The Balaban J connectivity index is 2.36. The highest BCUT2D eigenvalue weighted by atomic mass is 32.1. The van der Waals surface area contributed by atoms with Crippen molar-refractivity contribution in [2.45, 2.75) is 37.8 Å². The lowest BCUT2D eigenvalue weighted by Crippen LogP contribution is -2.38. The largest absolute Gasteiger partial charge is 0.359 e. The highest BCUT2D eigenvalue weighted by molar-refractivity contribution is 7.96. The van der Waals surface area contributed by atoms with E-state index in [2.05, 4.69) is 40.8 Å². The van der Waals surface area contributed by atoms with Crippen LogP contribution >= 0.6 is 25.4 Å². The van der Waals surface area contributed by atoms with Gasteiger partial charge in [0.15, 0.2) is 0 Å². The fraction of sp³-hybridized carbons (Fsp3) is 0.750. The molecule has 1 aliphatic heterocycles. The summed E-state index contributed by atoms with van der Waals surface area (Å²) in [6.07, 6.45) is 3.65. The van der Waals surface area contributed by atoms with Gasteiger partial charge in [-0.3, -0.25) is 24.0 Å². The molecule has 2 amide bonds. The molecule has 0 saturated carbocycles. The molecular formula is C12H22N4O3S2. The van der Waals surface area contributed by atoms with Crippen LogP contribution in [0.5, 0.6) is 0 Å². The standard InChI is InChI=1S/C12H22N4O3S2/c17-8-13-5-2-1-3-10-11(18)14-7-16(10)6-4-9(15-21)12(19)20/h8-10,15,21H,1-7H2,(H,13,17)(H,14,18)(H,19,20). The second-order valence-electron chi connectivity index (χ2n) is 4.90. The van der Waals surface area contributed by atoms with Gasteiger partial charge in [0.2, 0.25) is 17.4 Å². The summed E-state index contributed by atoms with van der Waals surface area (Å²) in [5.74, 6) is 0.0194. The quantitative estimate of drug-likeness (QED) is 0.196. The Hall–Kier alpha value is -0.770. The molecule has 21 heavy (non-hydrogen) atoms. The molecule has 0 radical (unpaired) electrons. The summed E-state index contributed by atoms with van der Waals surface area (Å²) in [6, 6.07) is -0.596. The van der Waals surface area contributed by atoms with Gasteiger partial charge in [0, 0.05) is 13.1 Å². The molecule has 0 aromatic carbocycles. The molecule has 0 aromatic rings. The molecule has 7 nitrogen and oxygen atoms in total. The summed E-state index contributed by atoms with van der Waals surface area (Å²) in [7, 11) is 0. The number of rotatable bonds is 11. The van der Waals surface area contributed by atoms with Crippen LogP contribution in [0.1, 0.15) is 25.7 Å². The maximum absolute atomic E-state index is 11.8. The van der Waals surface area contributed by atoms with Crippen molar-refractivity contribution in [3.05, 3.63) is 0 Å². The number of nitrogens with one attached hydrogen (secondary N) is 3. The summed E-state index contributed by atoms with van der Waals surface area (Å²) >= 11 is 7.70. The predicted molar refractivity (Wildman–Crippen MR) is 85.9 cm³/mol. The minimum Gasteiger partial charge on any atom is -0.359 e. The van der Waals surface area contributed by atoms with Gasteiger partial charge in [-0.15, -0.1) is 12.6 Å². The Morgan fingerprint density at radius 1 is 1.52 bits per heavy atom. The number of hydrogen-bond donors (Lipinski definition) is 5. The van der Waals surface area contributed by atoms with Gasteiger partial charge in [-0.25, -0.2) is 0 Å². The van der Waals surface area contributed by atoms with E-state index in [1.807, 2.05) is 4.90 Å². The molecule has 1 rings (SSSR count). The van der Waals surface area contributed by atoms with Gasteiger partial charge >= 0.3 is 0 Å². The van der Waals surface area contributed by atoms with Crippen molar-refractivity contribution >= 4 is 42.9 Å². The van der Waals surface area contributed by atoms with E-state index in [1.165, 1.54) is 0 Å². The molecular weight excluding hydrogens is 312 g/mol. The van der Waals surface area contributed by atoms with E-state index in [4.69, 9.17) is 0 Å². The number of carbonyl (C=O) groups excluding carboxylic acids is 3. The van der Waals surface area contributed by atoms with E-state index in [0.717, 1.165) is 19.3 Å². The average molecular weight is 334 g/mol. The molecule has 0 aromatic heterocycles. The van der Waals surface area contributed by atoms with E-state index in [-0.39, 0.29) is 17.1 Å². The van der Waals surface area contributed by atoms with Gasteiger partial charge in [0.05, 0.1) is 18.8 Å². The van der Waals surface area contributed by atoms with Crippen LogP contribution in [-0.2, 0) is 14.4 Å². The first-order valence-electron chi connectivity index (χ1n) is 6.91. The Morgan fingerprint density at radius 3 is 2.90 bits per heavy atom. The fourth-order valence-corrected chi connectivity index (χ4v) is 2.83. The molecule has 120 valence electrons. The van der Waals surface area contributed by atoms with Gasteiger partial charge in [0.25, 0.3) is 0 Å². The lowest BCUT2D eigenvalue weighted by molar-refractivity contribution is -0.121. The van der Waals surface area contributed by atoms with Crippen LogP contribution < -0.4 is 15.4 Å². The molecule has 2 unspecified atom stereocenters. The van der Waals surface area contributed by atoms with Crippen molar-refractivity contribution in [3.8, 4) is 0 Å². The maximum Gasteiger partial charge on any atom is 0.238 e. The predicted octanol–water partition coefficient (Wildman–Crippen LogP) is -0.690. The lowest BCUT2D eigenvalue weighted by Gasteiger charge is -2.23. The molecule has 3 N–H and O–H groups in total. The Labute approximate surface area is 135 Å². The smallest absolute Gasteiger partial charge is 0.238 e. The highest BCUT2D eigenvalue weighted by Gasteiger charge is 2.31. The zero-order valence-electron chi connectivity index (χ0n) is 11.7. The van der Waals surface area contributed by atoms with E-state index < -0.39 is 6.04 Å². The molecule has 1 aliphatic rings. The lowest BCUT2D eigenvalue weighted by atomic mass is 10.1.